The first-order valence-corrected chi connectivity index (χ1v) is 8.00. The third kappa shape index (κ3) is 6.36. The molecule has 5 heteroatoms. The molecule has 2 N–H and O–H groups in total. The highest BCUT2D eigenvalue weighted by Crippen LogP contribution is 2.26. The van der Waals surface area contributed by atoms with Gasteiger partial charge in [-0.15, -0.1) is 0 Å². The summed E-state index contributed by atoms with van der Waals surface area (Å²) in [5.41, 5.74) is -1.81. The van der Waals surface area contributed by atoms with Crippen molar-refractivity contribution in [2.45, 2.75) is 89.7 Å². The lowest BCUT2D eigenvalue weighted by atomic mass is 9.85. The van der Waals surface area contributed by atoms with Crippen LogP contribution in [0.15, 0.2) is 0 Å². The summed E-state index contributed by atoms with van der Waals surface area (Å²) < 4.78 is 5.23. The third-order valence-electron chi connectivity index (χ3n) is 3.86. The molecule has 0 aromatic carbocycles. The van der Waals surface area contributed by atoms with E-state index in [1.807, 2.05) is 0 Å². The van der Waals surface area contributed by atoms with Crippen LogP contribution in [-0.2, 0) is 9.53 Å². The van der Waals surface area contributed by atoms with Crippen LogP contribution < -0.4 is 5.32 Å². The van der Waals surface area contributed by atoms with Crippen LogP contribution in [0.1, 0.15) is 78.6 Å². The van der Waals surface area contributed by atoms with Crippen molar-refractivity contribution in [3.63, 3.8) is 0 Å². The van der Waals surface area contributed by atoms with Crippen molar-refractivity contribution in [1.29, 1.82) is 0 Å². The number of nitrogens with one attached hydrogen (secondary N) is 1. The summed E-state index contributed by atoms with van der Waals surface area (Å²) in [5.74, 6) is -0.950. The van der Waals surface area contributed by atoms with E-state index in [-0.39, 0.29) is 0 Å². The summed E-state index contributed by atoms with van der Waals surface area (Å²) in [5, 5.41) is 12.3. The van der Waals surface area contributed by atoms with Crippen molar-refractivity contribution in [2.75, 3.05) is 0 Å². The fourth-order valence-electron chi connectivity index (χ4n) is 2.75. The van der Waals surface area contributed by atoms with Crippen LogP contribution in [0.5, 0.6) is 0 Å². The molecule has 0 radical (unpaired) electrons. The number of carbonyl (C=O) groups excluding carboxylic acids is 1. The lowest BCUT2D eigenvalue weighted by Crippen LogP contribution is -2.55. The minimum atomic E-state index is -1.18. The van der Waals surface area contributed by atoms with Gasteiger partial charge in [0.15, 0.2) is 0 Å². The number of hydrogen-bond donors (Lipinski definition) is 2. The number of carboxylic acid groups (broad SMARTS) is 1. The smallest absolute Gasteiger partial charge is 0.408 e. The first kappa shape index (κ1) is 17.8. The van der Waals surface area contributed by atoms with Gasteiger partial charge in [0.25, 0.3) is 0 Å². The monoisotopic (exact) mass is 299 g/mol. The standard InChI is InChI=1S/C16H29NO4/c1-15(2,3)21-14(20)17-16(13(18)19)11-9-7-5-4-6-8-10-12-16/h4-12H2,1-3H3,(H,17,20)(H,18,19). The molecular formula is C16H29NO4. The van der Waals surface area contributed by atoms with Crippen LogP contribution in [0, 0.1) is 0 Å². The van der Waals surface area contributed by atoms with Gasteiger partial charge in [0.2, 0.25) is 0 Å². The molecule has 0 bridgehead atoms. The number of carbonyl (C=O) groups is 2. The number of aliphatic carboxylic acids is 1. The highest BCUT2D eigenvalue weighted by molar-refractivity contribution is 5.84. The summed E-state index contributed by atoms with van der Waals surface area (Å²) in [6, 6.07) is 0. The van der Waals surface area contributed by atoms with Gasteiger partial charge in [-0.05, 0) is 33.6 Å². The first-order valence-electron chi connectivity index (χ1n) is 8.00. The third-order valence-corrected chi connectivity index (χ3v) is 3.86. The van der Waals surface area contributed by atoms with Gasteiger partial charge in [-0.25, -0.2) is 9.59 Å². The molecule has 0 atom stereocenters. The predicted octanol–water partition coefficient (Wildman–Crippen LogP) is 3.86. The summed E-state index contributed by atoms with van der Waals surface area (Å²) in [4.78, 5) is 23.8. The van der Waals surface area contributed by atoms with Crippen molar-refractivity contribution in [2.24, 2.45) is 0 Å². The number of alkyl carbamates (subject to hydrolysis) is 1. The molecule has 0 aliphatic heterocycles. The Labute approximate surface area is 127 Å². The van der Waals surface area contributed by atoms with E-state index >= 15 is 0 Å². The molecule has 0 heterocycles. The quantitative estimate of drug-likeness (QED) is 0.812. The molecule has 0 aromatic heterocycles. The van der Waals surface area contributed by atoms with Crippen LogP contribution in [-0.4, -0.2) is 28.3 Å². The van der Waals surface area contributed by atoms with Crippen molar-refractivity contribution in [1.82, 2.24) is 5.32 Å². The number of hydrogen-bond acceptors (Lipinski definition) is 3. The Morgan fingerprint density at radius 1 is 0.952 bits per heavy atom. The highest BCUT2D eigenvalue weighted by atomic mass is 16.6. The Morgan fingerprint density at radius 2 is 1.38 bits per heavy atom. The highest BCUT2D eigenvalue weighted by Gasteiger charge is 2.40. The predicted molar refractivity (Wildman–Crippen MR) is 81.3 cm³/mol. The Kier molecular flexibility index (Phi) is 6.49. The largest absolute Gasteiger partial charge is 0.480 e. The van der Waals surface area contributed by atoms with E-state index in [2.05, 4.69) is 5.32 Å². The Bertz CT molecular complexity index is 350. The number of carboxylic acids is 1. The fourth-order valence-corrected chi connectivity index (χ4v) is 2.75. The molecule has 1 fully saturated rings. The van der Waals surface area contributed by atoms with Gasteiger partial charge in [-0.2, -0.15) is 0 Å². The Balaban J connectivity index is 2.77. The van der Waals surface area contributed by atoms with Gasteiger partial charge in [0, 0.05) is 0 Å². The van der Waals surface area contributed by atoms with E-state index in [0.29, 0.717) is 12.8 Å². The molecule has 1 rings (SSSR count). The van der Waals surface area contributed by atoms with Crippen LogP contribution in [0.25, 0.3) is 0 Å². The van der Waals surface area contributed by atoms with Crippen molar-refractivity contribution in [3.05, 3.63) is 0 Å². The van der Waals surface area contributed by atoms with E-state index < -0.39 is 23.2 Å². The van der Waals surface area contributed by atoms with Gasteiger partial charge in [0.05, 0.1) is 0 Å². The molecule has 122 valence electrons. The van der Waals surface area contributed by atoms with E-state index in [4.69, 9.17) is 4.74 Å². The average molecular weight is 299 g/mol. The summed E-state index contributed by atoms with van der Waals surface area (Å²) >= 11 is 0. The Hall–Kier alpha value is -1.26. The minimum absolute atomic E-state index is 0.474. The number of ether oxygens (including phenoxy) is 1. The second-order valence-electron chi connectivity index (χ2n) is 6.99. The summed E-state index contributed by atoms with van der Waals surface area (Å²) in [6.07, 6.45) is 7.50. The van der Waals surface area contributed by atoms with Crippen molar-refractivity contribution < 1.29 is 19.4 Å². The van der Waals surface area contributed by atoms with Crippen LogP contribution >= 0.6 is 0 Å². The zero-order valence-electron chi connectivity index (χ0n) is 13.5. The molecule has 1 aliphatic carbocycles. The second kappa shape index (κ2) is 7.66. The van der Waals surface area contributed by atoms with E-state index in [1.54, 1.807) is 20.8 Å². The lowest BCUT2D eigenvalue weighted by molar-refractivity contribution is -0.145. The maximum absolute atomic E-state index is 12.0. The van der Waals surface area contributed by atoms with Gasteiger partial charge in [0.1, 0.15) is 11.1 Å². The van der Waals surface area contributed by atoms with Gasteiger partial charge in [-0.3, -0.25) is 0 Å². The lowest BCUT2D eigenvalue weighted by Gasteiger charge is -2.32. The van der Waals surface area contributed by atoms with Gasteiger partial charge in [-0.1, -0.05) is 44.9 Å². The number of amides is 1. The fraction of sp³-hybridized carbons (Fsp3) is 0.875. The minimum Gasteiger partial charge on any atom is -0.480 e. The van der Waals surface area contributed by atoms with E-state index in [9.17, 15) is 14.7 Å². The van der Waals surface area contributed by atoms with Crippen LogP contribution in [0.3, 0.4) is 0 Å². The van der Waals surface area contributed by atoms with Crippen LogP contribution in [0.4, 0.5) is 4.79 Å². The second-order valence-corrected chi connectivity index (χ2v) is 6.99. The zero-order valence-corrected chi connectivity index (χ0v) is 13.5. The summed E-state index contributed by atoms with van der Waals surface area (Å²) in [7, 11) is 0. The zero-order chi connectivity index (χ0) is 15.9. The molecule has 21 heavy (non-hydrogen) atoms. The molecule has 1 aliphatic rings. The SMILES string of the molecule is CC(C)(C)OC(=O)NC1(C(=O)O)CCCCCCCCC1. The van der Waals surface area contributed by atoms with Crippen molar-refractivity contribution >= 4 is 12.1 Å². The van der Waals surface area contributed by atoms with E-state index in [1.165, 1.54) is 6.42 Å². The number of rotatable bonds is 2. The maximum Gasteiger partial charge on any atom is 0.408 e. The molecule has 0 unspecified atom stereocenters. The molecule has 0 saturated heterocycles. The first-order chi connectivity index (χ1) is 9.75. The van der Waals surface area contributed by atoms with E-state index in [0.717, 1.165) is 38.5 Å². The molecule has 0 spiro atoms. The molecule has 1 amide bonds. The molecule has 5 nitrogen and oxygen atoms in total. The Morgan fingerprint density at radius 3 is 1.76 bits per heavy atom. The molecular weight excluding hydrogens is 270 g/mol. The maximum atomic E-state index is 12.0. The topological polar surface area (TPSA) is 75.6 Å². The molecule has 0 aromatic rings. The van der Waals surface area contributed by atoms with Gasteiger partial charge >= 0.3 is 12.1 Å². The van der Waals surface area contributed by atoms with Crippen molar-refractivity contribution in [3.8, 4) is 0 Å². The van der Waals surface area contributed by atoms with Gasteiger partial charge < -0.3 is 15.2 Å². The van der Waals surface area contributed by atoms with Crippen LogP contribution in [0.2, 0.25) is 0 Å². The summed E-state index contributed by atoms with van der Waals surface area (Å²) in [6.45, 7) is 5.31. The normalized spacial score (nSPS) is 20.3. The average Bonchev–Trinajstić information content (AvgIpc) is 2.34. The molecule has 1 saturated carbocycles.